The zero-order chi connectivity index (χ0) is 19.5. The summed E-state index contributed by atoms with van der Waals surface area (Å²) in [5.41, 5.74) is 10.9. The number of carbonyl (C=O) groups excluding carboxylic acids is 3. The van der Waals surface area contributed by atoms with Crippen LogP contribution in [0.25, 0.3) is 0 Å². The Bertz CT molecular complexity index is 763. The van der Waals surface area contributed by atoms with E-state index in [2.05, 4.69) is 16.2 Å². The van der Waals surface area contributed by atoms with Gasteiger partial charge >= 0.3 is 6.03 Å². The van der Waals surface area contributed by atoms with Crippen molar-refractivity contribution in [3.63, 3.8) is 0 Å². The first-order valence-electron chi connectivity index (χ1n) is 8.44. The SMILES string of the molecule is NC(=O)NCCCC(=O)NNC(=O)c1ccc(COc2ccccc2)cc1. The van der Waals surface area contributed by atoms with Gasteiger partial charge in [-0.05, 0) is 36.2 Å². The topological polar surface area (TPSA) is 123 Å². The summed E-state index contributed by atoms with van der Waals surface area (Å²) in [6.07, 6.45) is 0.567. The molecule has 2 aromatic carbocycles. The van der Waals surface area contributed by atoms with Crippen LogP contribution in [0.3, 0.4) is 0 Å². The second kappa shape index (κ2) is 10.4. The van der Waals surface area contributed by atoms with E-state index in [0.717, 1.165) is 11.3 Å². The van der Waals surface area contributed by atoms with E-state index in [0.29, 0.717) is 25.1 Å². The van der Waals surface area contributed by atoms with Crippen LogP contribution >= 0.6 is 0 Å². The van der Waals surface area contributed by atoms with Crippen molar-refractivity contribution >= 4 is 17.8 Å². The lowest BCUT2D eigenvalue weighted by Crippen LogP contribution is -2.41. The number of hydrogen-bond acceptors (Lipinski definition) is 4. The van der Waals surface area contributed by atoms with Crippen molar-refractivity contribution in [1.82, 2.24) is 16.2 Å². The molecule has 0 unspecified atom stereocenters. The van der Waals surface area contributed by atoms with E-state index in [9.17, 15) is 14.4 Å². The van der Waals surface area contributed by atoms with E-state index in [1.165, 1.54) is 0 Å². The van der Waals surface area contributed by atoms with E-state index >= 15 is 0 Å². The maximum atomic E-state index is 12.0. The van der Waals surface area contributed by atoms with Crippen LogP contribution in [0.1, 0.15) is 28.8 Å². The molecule has 8 heteroatoms. The molecule has 0 aliphatic carbocycles. The predicted octanol–water partition coefficient (Wildman–Crippen LogP) is 1.48. The van der Waals surface area contributed by atoms with Gasteiger partial charge in [0.2, 0.25) is 5.91 Å². The number of nitrogens with two attached hydrogens (primary N) is 1. The molecule has 27 heavy (non-hydrogen) atoms. The summed E-state index contributed by atoms with van der Waals surface area (Å²) in [7, 11) is 0. The molecule has 2 aromatic rings. The minimum Gasteiger partial charge on any atom is -0.489 e. The number of para-hydroxylation sites is 1. The third kappa shape index (κ3) is 7.47. The van der Waals surface area contributed by atoms with Gasteiger partial charge < -0.3 is 15.8 Å². The Kier molecular flexibility index (Phi) is 7.65. The van der Waals surface area contributed by atoms with Crippen LogP contribution in [0.5, 0.6) is 5.75 Å². The number of carbonyl (C=O) groups is 3. The summed E-state index contributed by atoms with van der Waals surface area (Å²) >= 11 is 0. The van der Waals surface area contributed by atoms with Crippen molar-refractivity contribution in [3.8, 4) is 5.75 Å². The first kappa shape index (κ1) is 19.8. The molecular weight excluding hydrogens is 348 g/mol. The van der Waals surface area contributed by atoms with Gasteiger partial charge in [0.1, 0.15) is 12.4 Å². The molecule has 0 radical (unpaired) electrons. The van der Waals surface area contributed by atoms with Crippen LogP contribution in [-0.4, -0.2) is 24.4 Å². The van der Waals surface area contributed by atoms with Crippen molar-refractivity contribution in [2.75, 3.05) is 6.54 Å². The Morgan fingerprint density at radius 2 is 1.63 bits per heavy atom. The van der Waals surface area contributed by atoms with E-state index in [-0.39, 0.29) is 12.3 Å². The third-order valence-electron chi connectivity index (χ3n) is 3.56. The van der Waals surface area contributed by atoms with E-state index in [1.54, 1.807) is 24.3 Å². The molecule has 2 rings (SSSR count). The van der Waals surface area contributed by atoms with Crippen LogP contribution < -0.4 is 26.6 Å². The molecule has 0 aliphatic rings. The van der Waals surface area contributed by atoms with Crippen LogP contribution in [0, 0.1) is 0 Å². The zero-order valence-electron chi connectivity index (χ0n) is 14.7. The van der Waals surface area contributed by atoms with Gasteiger partial charge in [0.15, 0.2) is 0 Å². The molecule has 0 fully saturated rings. The van der Waals surface area contributed by atoms with Crippen LogP contribution in [0.4, 0.5) is 4.79 Å². The lowest BCUT2D eigenvalue weighted by atomic mass is 10.1. The molecule has 5 N–H and O–H groups in total. The monoisotopic (exact) mass is 370 g/mol. The average molecular weight is 370 g/mol. The number of primary amides is 1. The fraction of sp³-hybridized carbons (Fsp3) is 0.211. The number of benzene rings is 2. The third-order valence-corrected chi connectivity index (χ3v) is 3.56. The van der Waals surface area contributed by atoms with Gasteiger partial charge in [-0.2, -0.15) is 0 Å². The fourth-order valence-corrected chi connectivity index (χ4v) is 2.16. The second-order valence-electron chi connectivity index (χ2n) is 5.70. The van der Waals surface area contributed by atoms with Gasteiger partial charge in [-0.25, -0.2) is 4.79 Å². The number of rotatable bonds is 8. The lowest BCUT2D eigenvalue weighted by Gasteiger charge is -2.09. The van der Waals surface area contributed by atoms with Crippen molar-refractivity contribution in [1.29, 1.82) is 0 Å². The highest BCUT2D eigenvalue weighted by atomic mass is 16.5. The number of hydrogen-bond donors (Lipinski definition) is 4. The zero-order valence-corrected chi connectivity index (χ0v) is 14.7. The number of ether oxygens (including phenoxy) is 1. The normalized spacial score (nSPS) is 9.93. The molecule has 8 nitrogen and oxygen atoms in total. The lowest BCUT2D eigenvalue weighted by molar-refractivity contribution is -0.121. The number of amides is 4. The molecule has 0 atom stereocenters. The summed E-state index contributed by atoms with van der Waals surface area (Å²) < 4.78 is 5.64. The van der Waals surface area contributed by atoms with Gasteiger partial charge in [0, 0.05) is 18.5 Å². The summed E-state index contributed by atoms with van der Waals surface area (Å²) in [5, 5.41) is 2.38. The first-order valence-corrected chi connectivity index (χ1v) is 8.44. The minimum atomic E-state index is -0.638. The van der Waals surface area contributed by atoms with Crippen molar-refractivity contribution < 1.29 is 19.1 Å². The maximum absolute atomic E-state index is 12.0. The summed E-state index contributed by atoms with van der Waals surface area (Å²) in [4.78, 5) is 34.1. The fourth-order valence-electron chi connectivity index (χ4n) is 2.16. The molecule has 0 spiro atoms. The van der Waals surface area contributed by atoms with Gasteiger partial charge in [0.25, 0.3) is 5.91 Å². The molecule has 0 saturated carbocycles. The average Bonchev–Trinajstić information content (AvgIpc) is 2.69. The van der Waals surface area contributed by atoms with E-state index in [4.69, 9.17) is 10.5 Å². The Hall–Kier alpha value is -3.55. The Morgan fingerprint density at radius 3 is 2.30 bits per heavy atom. The summed E-state index contributed by atoms with van der Waals surface area (Å²) in [6.45, 7) is 0.686. The van der Waals surface area contributed by atoms with Crippen LogP contribution in [-0.2, 0) is 11.4 Å². The first-order chi connectivity index (χ1) is 13.0. The highest BCUT2D eigenvalue weighted by Gasteiger charge is 2.07. The summed E-state index contributed by atoms with van der Waals surface area (Å²) in [5.74, 6) is -0.00954. The highest BCUT2D eigenvalue weighted by Crippen LogP contribution is 2.12. The van der Waals surface area contributed by atoms with Gasteiger partial charge in [-0.15, -0.1) is 0 Å². The maximum Gasteiger partial charge on any atom is 0.312 e. The van der Waals surface area contributed by atoms with Crippen molar-refractivity contribution in [3.05, 3.63) is 65.7 Å². The molecule has 0 heterocycles. The number of nitrogens with one attached hydrogen (secondary N) is 3. The predicted molar refractivity (Wildman–Crippen MR) is 99.6 cm³/mol. The summed E-state index contributed by atoms with van der Waals surface area (Å²) in [6, 6.07) is 15.7. The van der Waals surface area contributed by atoms with Gasteiger partial charge in [0.05, 0.1) is 0 Å². The smallest absolute Gasteiger partial charge is 0.312 e. The molecule has 4 amide bonds. The van der Waals surface area contributed by atoms with Crippen molar-refractivity contribution in [2.24, 2.45) is 5.73 Å². The van der Waals surface area contributed by atoms with Gasteiger partial charge in [-0.3, -0.25) is 20.4 Å². The Labute approximate surface area is 157 Å². The van der Waals surface area contributed by atoms with E-state index in [1.807, 2.05) is 30.3 Å². The number of hydrazine groups is 1. The van der Waals surface area contributed by atoms with Gasteiger partial charge in [-0.1, -0.05) is 30.3 Å². The minimum absolute atomic E-state index is 0.149. The highest BCUT2D eigenvalue weighted by molar-refractivity contribution is 5.95. The second-order valence-corrected chi connectivity index (χ2v) is 5.70. The Balaban J connectivity index is 1.71. The van der Waals surface area contributed by atoms with Crippen LogP contribution in [0.2, 0.25) is 0 Å². The standard InChI is InChI=1S/C19H22N4O4/c20-19(26)21-12-4-7-17(24)22-23-18(25)15-10-8-14(9-11-15)13-27-16-5-2-1-3-6-16/h1-3,5-6,8-11H,4,7,12-13H2,(H,22,24)(H,23,25)(H3,20,21,26). The van der Waals surface area contributed by atoms with E-state index < -0.39 is 11.9 Å². The molecule has 0 bridgehead atoms. The quantitative estimate of drug-likeness (QED) is 0.415. The molecule has 142 valence electrons. The van der Waals surface area contributed by atoms with Crippen LogP contribution in [0.15, 0.2) is 54.6 Å². The van der Waals surface area contributed by atoms with Crippen molar-refractivity contribution in [2.45, 2.75) is 19.4 Å². The largest absolute Gasteiger partial charge is 0.489 e. The molecule has 0 saturated heterocycles. The number of urea groups is 1. The molecular formula is C19H22N4O4. The molecule has 0 aliphatic heterocycles. The Morgan fingerprint density at radius 1 is 0.926 bits per heavy atom. The molecule has 0 aromatic heterocycles.